The van der Waals surface area contributed by atoms with E-state index in [0.29, 0.717) is 12.8 Å². The topological polar surface area (TPSA) is 168 Å². The van der Waals surface area contributed by atoms with Crippen molar-refractivity contribution in [2.24, 2.45) is 40.2 Å². The molecule has 1 aliphatic heterocycles. The number of carbonyl (C=O) groups is 6. The minimum absolute atomic E-state index is 0.00863. The number of nitrogens with two attached hydrogens (primary N) is 1. The van der Waals surface area contributed by atoms with E-state index in [-0.39, 0.29) is 30.1 Å². The van der Waals surface area contributed by atoms with Gasteiger partial charge in [-0.1, -0.05) is 47.5 Å². The first-order valence-electron chi connectivity index (χ1n) is 15.4. The Morgan fingerprint density at radius 3 is 2.00 bits per heavy atom. The first-order chi connectivity index (χ1) is 19.9. The number of hydrogen-bond acceptors (Lipinski definition) is 6. The van der Waals surface area contributed by atoms with E-state index in [1.54, 1.807) is 20.8 Å². The summed E-state index contributed by atoms with van der Waals surface area (Å²) in [6.45, 7) is 13.0. The van der Waals surface area contributed by atoms with Crippen LogP contribution >= 0.6 is 0 Å². The summed E-state index contributed by atoms with van der Waals surface area (Å²) in [5, 5.41) is 8.28. The Labute approximate surface area is 255 Å². The minimum Gasteiger partial charge on any atom is -0.363 e. The van der Waals surface area contributed by atoms with Crippen molar-refractivity contribution in [2.45, 2.75) is 111 Å². The van der Waals surface area contributed by atoms with E-state index in [9.17, 15) is 28.8 Å². The molecule has 238 valence electrons. The molecule has 43 heavy (non-hydrogen) atoms. The van der Waals surface area contributed by atoms with Crippen molar-refractivity contribution in [3.63, 3.8) is 0 Å². The largest absolute Gasteiger partial charge is 0.363 e. The molecule has 3 aliphatic rings. The molecule has 5 N–H and O–H groups in total. The SMILES string of the molecule is C#CC(C)(C)[C@H]1CCN(C(=O)[C@@H](NC(=O)N[C@H](C(=O)C2CC2)C(C)C)C(C)(C)C)[C@@H]1C(=O)NC(CC1CC1)C(=O)C(N)=O. The Bertz CT molecular complexity index is 1170. The molecule has 2 saturated carbocycles. The summed E-state index contributed by atoms with van der Waals surface area (Å²) in [5.41, 5.74) is 3.73. The Balaban J connectivity index is 1.87. The predicted molar refractivity (Wildman–Crippen MR) is 161 cm³/mol. The van der Waals surface area contributed by atoms with E-state index >= 15 is 0 Å². The van der Waals surface area contributed by atoms with Crippen molar-refractivity contribution in [1.29, 1.82) is 0 Å². The van der Waals surface area contributed by atoms with Gasteiger partial charge in [0, 0.05) is 23.8 Å². The molecular formula is C32H49N5O6. The fraction of sp³-hybridized carbons (Fsp3) is 0.750. The number of carbonyl (C=O) groups excluding carboxylic acids is 6. The quantitative estimate of drug-likeness (QED) is 0.186. The van der Waals surface area contributed by atoms with E-state index in [0.717, 1.165) is 25.7 Å². The molecule has 3 rings (SSSR count). The number of Topliss-reactive ketones (excluding diaryl/α,β-unsaturated/α-hetero) is 2. The summed E-state index contributed by atoms with van der Waals surface area (Å²) >= 11 is 0. The fourth-order valence-corrected chi connectivity index (χ4v) is 5.89. The van der Waals surface area contributed by atoms with E-state index in [2.05, 4.69) is 21.9 Å². The highest BCUT2D eigenvalue weighted by Gasteiger charge is 2.51. The second-order valence-electron chi connectivity index (χ2n) is 14.5. The number of nitrogens with one attached hydrogen (secondary N) is 3. The Morgan fingerprint density at radius 2 is 1.53 bits per heavy atom. The van der Waals surface area contributed by atoms with Gasteiger partial charge in [0.2, 0.25) is 17.6 Å². The van der Waals surface area contributed by atoms with Crippen LogP contribution in [0.25, 0.3) is 0 Å². The van der Waals surface area contributed by atoms with Gasteiger partial charge in [0.1, 0.15) is 12.1 Å². The third kappa shape index (κ3) is 8.36. The molecule has 11 nitrogen and oxygen atoms in total. The Hall–Kier alpha value is -3.42. The van der Waals surface area contributed by atoms with Gasteiger partial charge in [0.25, 0.3) is 5.91 Å². The number of amides is 5. The highest BCUT2D eigenvalue weighted by molar-refractivity contribution is 6.37. The zero-order valence-electron chi connectivity index (χ0n) is 26.6. The number of ketones is 2. The van der Waals surface area contributed by atoms with Crippen LogP contribution in [0.4, 0.5) is 4.79 Å². The van der Waals surface area contributed by atoms with E-state index in [1.165, 1.54) is 4.90 Å². The van der Waals surface area contributed by atoms with Crippen molar-refractivity contribution >= 4 is 35.3 Å². The van der Waals surface area contributed by atoms with Crippen LogP contribution < -0.4 is 21.7 Å². The van der Waals surface area contributed by atoms with Crippen molar-refractivity contribution < 1.29 is 28.8 Å². The van der Waals surface area contributed by atoms with Gasteiger partial charge in [-0.15, -0.1) is 12.3 Å². The molecule has 5 amide bonds. The first-order valence-corrected chi connectivity index (χ1v) is 15.4. The Morgan fingerprint density at radius 1 is 0.930 bits per heavy atom. The number of terminal acetylenes is 1. The maximum atomic E-state index is 14.2. The highest BCUT2D eigenvalue weighted by Crippen LogP contribution is 2.40. The normalized spacial score (nSPS) is 22.6. The number of urea groups is 1. The number of primary amides is 1. The lowest BCUT2D eigenvalue weighted by Gasteiger charge is -2.38. The van der Waals surface area contributed by atoms with Crippen molar-refractivity contribution in [1.82, 2.24) is 20.9 Å². The molecule has 3 fully saturated rings. The lowest BCUT2D eigenvalue weighted by molar-refractivity contribution is -0.144. The average Bonchev–Trinajstić information content (AvgIpc) is 3.85. The van der Waals surface area contributed by atoms with Crippen LogP contribution in [0.1, 0.15) is 87.0 Å². The molecule has 1 heterocycles. The molecule has 1 unspecified atom stereocenters. The maximum Gasteiger partial charge on any atom is 0.316 e. The molecule has 5 atom stereocenters. The summed E-state index contributed by atoms with van der Waals surface area (Å²) in [6, 6.07) is -4.51. The summed E-state index contributed by atoms with van der Waals surface area (Å²) < 4.78 is 0. The summed E-state index contributed by atoms with van der Waals surface area (Å²) in [4.78, 5) is 80.0. The summed E-state index contributed by atoms with van der Waals surface area (Å²) in [5.74, 6) is -0.768. The van der Waals surface area contributed by atoms with Crippen LogP contribution in [0.5, 0.6) is 0 Å². The third-order valence-corrected chi connectivity index (χ3v) is 9.02. The highest BCUT2D eigenvalue weighted by atomic mass is 16.2. The molecule has 0 aromatic rings. The van der Waals surface area contributed by atoms with Crippen LogP contribution in [0, 0.1) is 46.8 Å². The van der Waals surface area contributed by atoms with Crippen molar-refractivity contribution in [3.8, 4) is 12.3 Å². The van der Waals surface area contributed by atoms with Gasteiger partial charge < -0.3 is 26.6 Å². The molecule has 0 radical (unpaired) electrons. The van der Waals surface area contributed by atoms with Gasteiger partial charge in [0.05, 0.1) is 12.1 Å². The number of nitrogens with zero attached hydrogens (tertiary/aromatic N) is 1. The number of hydrogen-bond donors (Lipinski definition) is 4. The maximum absolute atomic E-state index is 14.2. The van der Waals surface area contributed by atoms with Gasteiger partial charge in [-0.25, -0.2) is 4.79 Å². The van der Waals surface area contributed by atoms with E-state index in [1.807, 2.05) is 27.7 Å². The average molecular weight is 600 g/mol. The molecule has 0 aromatic carbocycles. The van der Waals surface area contributed by atoms with Crippen LogP contribution in [-0.2, 0) is 24.0 Å². The standard InChI is InChI=1S/C32H49N5O6/c1-9-32(7,8)20-14-15-37(23(20)28(41)34-21(16-18-10-11-18)25(39)27(33)40)29(42)26(31(4,5)6)36-30(43)35-22(17(2)3)24(38)19-12-13-19/h1,17-23,26H,10-16H2,2-8H3,(H2,33,40)(H,34,41)(H2,35,36,43)/t20-,21?,22-,23-,26+/m0/s1. The third-order valence-electron chi connectivity index (χ3n) is 9.02. The summed E-state index contributed by atoms with van der Waals surface area (Å²) in [7, 11) is 0. The minimum atomic E-state index is -1.13. The predicted octanol–water partition coefficient (Wildman–Crippen LogP) is 1.92. The number of rotatable bonds is 13. The smallest absolute Gasteiger partial charge is 0.316 e. The molecule has 1 saturated heterocycles. The molecule has 0 spiro atoms. The molecule has 11 heteroatoms. The van der Waals surface area contributed by atoms with Gasteiger partial charge in [0.15, 0.2) is 5.78 Å². The second-order valence-corrected chi connectivity index (χ2v) is 14.5. The lowest BCUT2D eigenvalue weighted by Crippen LogP contribution is -2.62. The second kappa shape index (κ2) is 13.1. The fourth-order valence-electron chi connectivity index (χ4n) is 5.89. The van der Waals surface area contributed by atoms with Crippen LogP contribution in [0.15, 0.2) is 0 Å². The molecule has 0 bridgehead atoms. The molecule has 2 aliphatic carbocycles. The van der Waals surface area contributed by atoms with Crippen LogP contribution in [-0.4, -0.2) is 70.9 Å². The van der Waals surface area contributed by atoms with Crippen LogP contribution in [0.2, 0.25) is 0 Å². The van der Waals surface area contributed by atoms with Crippen molar-refractivity contribution in [3.05, 3.63) is 0 Å². The Kier molecular flexibility index (Phi) is 10.4. The van der Waals surface area contributed by atoms with E-state index < -0.39 is 70.5 Å². The zero-order chi connectivity index (χ0) is 32.4. The van der Waals surface area contributed by atoms with Gasteiger partial charge in [-0.05, 0) is 56.8 Å². The number of likely N-dealkylation sites (tertiary alicyclic amines) is 1. The van der Waals surface area contributed by atoms with Crippen molar-refractivity contribution in [2.75, 3.05) is 6.54 Å². The molecule has 0 aromatic heterocycles. The lowest BCUT2D eigenvalue weighted by atomic mass is 9.75. The summed E-state index contributed by atoms with van der Waals surface area (Å²) in [6.07, 6.45) is 9.98. The zero-order valence-corrected chi connectivity index (χ0v) is 26.6. The molecular weight excluding hydrogens is 550 g/mol. The van der Waals surface area contributed by atoms with Crippen LogP contribution in [0.3, 0.4) is 0 Å². The van der Waals surface area contributed by atoms with Gasteiger partial charge >= 0.3 is 6.03 Å². The first kappa shape index (κ1) is 34.1. The van der Waals surface area contributed by atoms with E-state index in [4.69, 9.17) is 12.2 Å². The monoisotopic (exact) mass is 599 g/mol. The van der Waals surface area contributed by atoms with Gasteiger partial charge in [-0.3, -0.25) is 24.0 Å². The van der Waals surface area contributed by atoms with Gasteiger partial charge in [-0.2, -0.15) is 0 Å².